The monoisotopic (exact) mass is 484 g/mol. The minimum absolute atomic E-state index is 0.0530. The highest BCUT2D eigenvalue weighted by molar-refractivity contribution is 7.13. The number of hydrogen-bond donors (Lipinski definition) is 1. The van der Waals surface area contributed by atoms with E-state index in [-0.39, 0.29) is 24.5 Å². The third-order valence-electron chi connectivity index (χ3n) is 5.51. The fraction of sp³-hybridized carbons (Fsp3) is 0.500. The summed E-state index contributed by atoms with van der Waals surface area (Å²) in [7, 11) is 0. The molecule has 1 fully saturated rings. The van der Waals surface area contributed by atoms with E-state index in [1.165, 1.54) is 0 Å². The lowest BCUT2D eigenvalue weighted by atomic mass is 10.2. The van der Waals surface area contributed by atoms with Crippen LogP contribution in [0.1, 0.15) is 17.7 Å². The summed E-state index contributed by atoms with van der Waals surface area (Å²) in [6.07, 6.45) is -0.755. The molecule has 178 valence electrons. The van der Waals surface area contributed by atoms with Gasteiger partial charge in [0.2, 0.25) is 5.91 Å². The Morgan fingerprint density at radius 2 is 2.00 bits per heavy atom. The predicted molar refractivity (Wildman–Crippen MR) is 116 cm³/mol. The van der Waals surface area contributed by atoms with Crippen molar-refractivity contribution in [3.05, 3.63) is 39.4 Å². The first-order valence-corrected chi connectivity index (χ1v) is 11.3. The number of aromatic amines is 1. The van der Waals surface area contributed by atoms with Crippen LogP contribution >= 0.6 is 11.3 Å². The Morgan fingerprint density at radius 1 is 1.24 bits per heavy atom. The van der Waals surface area contributed by atoms with Crippen molar-refractivity contribution < 1.29 is 22.7 Å². The van der Waals surface area contributed by atoms with E-state index in [4.69, 9.17) is 4.74 Å². The van der Waals surface area contributed by atoms with E-state index < -0.39 is 11.9 Å². The molecule has 1 saturated heterocycles. The van der Waals surface area contributed by atoms with Gasteiger partial charge < -0.3 is 19.1 Å². The van der Waals surface area contributed by atoms with Gasteiger partial charge in [-0.25, -0.2) is 10.1 Å². The van der Waals surface area contributed by atoms with Crippen LogP contribution in [0, 0.1) is 6.92 Å². The second-order valence-corrected chi connectivity index (χ2v) is 8.54. The van der Waals surface area contributed by atoms with Gasteiger partial charge in [0.25, 0.3) is 5.56 Å². The van der Waals surface area contributed by atoms with Gasteiger partial charge in [0.05, 0.1) is 36.7 Å². The maximum Gasteiger partial charge on any atom is 0.434 e. The number of carbonyl (C=O) groups is 1. The quantitative estimate of drug-likeness (QED) is 0.517. The van der Waals surface area contributed by atoms with Crippen LogP contribution in [0.25, 0.3) is 10.9 Å². The zero-order valence-electron chi connectivity index (χ0n) is 17.9. The second kappa shape index (κ2) is 9.51. The first kappa shape index (κ1) is 23.2. The number of rotatable bonds is 7. The number of anilines is 1. The van der Waals surface area contributed by atoms with Gasteiger partial charge in [-0.2, -0.15) is 18.3 Å². The number of H-pyrrole nitrogens is 1. The number of nitrogens with one attached hydrogen (secondary N) is 1. The molecule has 0 unspecified atom stereocenters. The van der Waals surface area contributed by atoms with Crippen LogP contribution in [0.4, 0.5) is 18.3 Å². The number of piperazine rings is 1. The van der Waals surface area contributed by atoms with Crippen LogP contribution in [0.15, 0.2) is 22.6 Å². The molecule has 1 aliphatic rings. The van der Waals surface area contributed by atoms with E-state index >= 15 is 0 Å². The highest BCUT2D eigenvalue weighted by atomic mass is 32.1. The molecule has 13 heteroatoms. The van der Waals surface area contributed by atoms with Gasteiger partial charge in [-0.3, -0.25) is 9.59 Å². The van der Waals surface area contributed by atoms with Gasteiger partial charge in [0, 0.05) is 44.3 Å². The molecule has 0 saturated carbocycles. The topological polar surface area (TPSA) is 96.3 Å². The van der Waals surface area contributed by atoms with Crippen molar-refractivity contribution >= 4 is 33.3 Å². The number of ether oxygens (including phenoxy) is 1. The summed E-state index contributed by atoms with van der Waals surface area (Å²) in [6.45, 7) is 4.74. The van der Waals surface area contributed by atoms with Crippen LogP contribution in [0.3, 0.4) is 0 Å². The Kier molecular flexibility index (Phi) is 6.70. The highest BCUT2D eigenvalue weighted by Gasteiger charge is 2.34. The first-order chi connectivity index (χ1) is 15.7. The molecular weight excluding hydrogens is 461 g/mol. The Bertz CT molecular complexity index is 1180. The molecule has 4 rings (SSSR count). The Labute approximate surface area is 190 Å². The van der Waals surface area contributed by atoms with Crippen LogP contribution in [-0.4, -0.2) is 69.9 Å². The van der Waals surface area contributed by atoms with Crippen molar-refractivity contribution in [1.82, 2.24) is 24.6 Å². The number of hydrogen-bond acceptors (Lipinski definition) is 7. The van der Waals surface area contributed by atoms with Gasteiger partial charge in [-0.05, 0) is 12.5 Å². The van der Waals surface area contributed by atoms with Crippen LogP contribution < -0.4 is 10.5 Å². The van der Waals surface area contributed by atoms with Crippen LogP contribution in [-0.2, 0) is 22.3 Å². The lowest BCUT2D eigenvalue weighted by Crippen LogP contribution is -2.49. The third-order valence-corrected chi connectivity index (χ3v) is 6.41. The maximum absolute atomic E-state index is 12.7. The average molecular weight is 485 g/mol. The van der Waals surface area contributed by atoms with Gasteiger partial charge >= 0.3 is 6.18 Å². The Balaban J connectivity index is 1.19. The zero-order valence-corrected chi connectivity index (χ0v) is 18.7. The molecule has 1 N–H and O–H groups in total. The first-order valence-electron chi connectivity index (χ1n) is 10.4. The minimum Gasteiger partial charge on any atom is -0.379 e. The molecule has 0 spiro atoms. The molecule has 0 aliphatic carbocycles. The van der Waals surface area contributed by atoms with E-state index in [1.807, 2.05) is 17.7 Å². The van der Waals surface area contributed by atoms with Crippen molar-refractivity contribution in [3.8, 4) is 0 Å². The summed E-state index contributed by atoms with van der Waals surface area (Å²) in [5.41, 5.74) is 0.474. The largest absolute Gasteiger partial charge is 0.434 e. The Morgan fingerprint density at radius 3 is 2.70 bits per heavy atom. The molecule has 33 heavy (non-hydrogen) atoms. The van der Waals surface area contributed by atoms with Gasteiger partial charge in [-0.15, -0.1) is 11.3 Å². The fourth-order valence-electron chi connectivity index (χ4n) is 3.81. The number of carbonyl (C=O) groups excluding carboxylic acids is 1. The number of amides is 1. The summed E-state index contributed by atoms with van der Waals surface area (Å²) in [4.78, 5) is 31.5. The van der Waals surface area contributed by atoms with Crippen molar-refractivity contribution in [1.29, 1.82) is 0 Å². The van der Waals surface area contributed by atoms with Gasteiger partial charge in [0.15, 0.2) is 10.8 Å². The van der Waals surface area contributed by atoms with Gasteiger partial charge in [0.1, 0.15) is 0 Å². The third kappa shape index (κ3) is 5.19. The molecular formula is C20H23F3N6O3S. The average Bonchev–Trinajstić information content (AvgIpc) is 3.40. The molecule has 3 aromatic rings. The number of alkyl halides is 3. The number of nitrogens with zero attached hydrogens (tertiary/aromatic N) is 5. The smallest absolute Gasteiger partial charge is 0.379 e. The lowest BCUT2D eigenvalue weighted by Gasteiger charge is -2.34. The SMILES string of the molecule is Cc1cn(CCOCCC(=O)N2CCN(c3nc(C(F)(F)F)cs3)CC2)c2cn[nH]c(=O)c12. The number of aromatic nitrogens is 4. The second-order valence-electron chi connectivity index (χ2n) is 7.71. The van der Waals surface area contributed by atoms with Crippen LogP contribution in [0.5, 0.6) is 0 Å². The summed E-state index contributed by atoms with van der Waals surface area (Å²) < 4.78 is 45.7. The van der Waals surface area contributed by atoms with E-state index in [1.54, 1.807) is 16.0 Å². The molecule has 0 bridgehead atoms. The van der Waals surface area contributed by atoms with Crippen molar-refractivity contribution in [3.63, 3.8) is 0 Å². The number of thiazole rings is 1. The summed E-state index contributed by atoms with van der Waals surface area (Å²) in [5, 5.41) is 8.20. The van der Waals surface area contributed by atoms with E-state index in [0.717, 1.165) is 27.8 Å². The summed E-state index contributed by atoms with van der Waals surface area (Å²) in [6, 6.07) is 0. The molecule has 4 heterocycles. The highest BCUT2D eigenvalue weighted by Crippen LogP contribution is 2.33. The molecule has 0 aromatic carbocycles. The van der Waals surface area contributed by atoms with Crippen molar-refractivity contribution in [2.24, 2.45) is 0 Å². The number of fused-ring (bicyclic) bond motifs is 1. The minimum atomic E-state index is -4.45. The fourth-order valence-corrected chi connectivity index (χ4v) is 4.70. The summed E-state index contributed by atoms with van der Waals surface area (Å²) >= 11 is 0.959. The van der Waals surface area contributed by atoms with E-state index in [9.17, 15) is 22.8 Å². The summed E-state index contributed by atoms with van der Waals surface area (Å²) in [5.74, 6) is -0.0530. The lowest BCUT2D eigenvalue weighted by molar-refractivity contribution is -0.140. The molecule has 1 amide bonds. The Hall–Kier alpha value is -2.93. The maximum atomic E-state index is 12.7. The molecule has 9 nitrogen and oxygen atoms in total. The van der Waals surface area contributed by atoms with Crippen LogP contribution in [0.2, 0.25) is 0 Å². The normalized spacial score (nSPS) is 14.9. The van der Waals surface area contributed by atoms with Gasteiger partial charge in [-0.1, -0.05) is 0 Å². The molecule has 3 aromatic heterocycles. The van der Waals surface area contributed by atoms with E-state index in [2.05, 4.69) is 15.2 Å². The molecule has 1 aliphatic heterocycles. The van der Waals surface area contributed by atoms with Crippen molar-refractivity contribution in [2.45, 2.75) is 26.1 Å². The number of aryl methyl sites for hydroxylation is 1. The molecule has 0 radical (unpaired) electrons. The standard InChI is InChI=1S/C20H23F3N6O3S/c1-13-11-29(14-10-24-26-18(31)17(13)14)7-9-32-8-2-16(30)27-3-5-28(6-4-27)19-25-15(12-33-19)20(21,22)23/h10-12H,2-9H2,1H3,(H,26,31). The predicted octanol–water partition coefficient (Wildman–Crippen LogP) is 2.26. The van der Waals surface area contributed by atoms with E-state index in [0.29, 0.717) is 49.8 Å². The zero-order chi connectivity index (χ0) is 23.6. The number of halogens is 3. The van der Waals surface area contributed by atoms with Crippen molar-refractivity contribution in [2.75, 3.05) is 44.3 Å². The molecule has 0 atom stereocenters.